The van der Waals surface area contributed by atoms with Gasteiger partial charge in [0.05, 0.1) is 12.1 Å². The van der Waals surface area contributed by atoms with Gasteiger partial charge in [-0.05, 0) is 44.4 Å². The zero-order valence-electron chi connectivity index (χ0n) is 15.7. The lowest BCUT2D eigenvalue weighted by atomic mass is 10.1. The maximum absolute atomic E-state index is 5.26. The molecular weight excluding hydrogens is 459 g/mol. The van der Waals surface area contributed by atoms with Gasteiger partial charge in [0.2, 0.25) is 0 Å². The number of hydrogen-bond acceptors (Lipinski definition) is 4. The van der Waals surface area contributed by atoms with Crippen LogP contribution in [0.2, 0.25) is 0 Å². The molecule has 2 N–H and O–H groups in total. The number of hydrogen-bond donors (Lipinski definition) is 2. The number of aliphatic imine (C=N–C) groups is 1. The predicted molar refractivity (Wildman–Crippen MR) is 121 cm³/mol. The second-order valence-corrected chi connectivity index (χ2v) is 7.08. The van der Waals surface area contributed by atoms with Gasteiger partial charge in [0.1, 0.15) is 5.75 Å². The van der Waals surface area contributed by atoms with Gasteiger partial charge in [0.15, 0.2) is 5.96 Å². The van der Waals surface area contributed by atoms with E-state index in [1.54, 1.807) is 18.4 Å². The van der Waals surface area contributed by atoms with Crippen molar-refractivity contribution in [3.05, 3.63) is 45.9 Å². The van der Waals surface area contributed by atoms with E-state index in [0.717, 1.165) is 50.6 Å². The average molecular weight is 488 g/mol. The molecule has 0 amide bonds. The third kappa shape index (κ3) is 8.35. The van der Waals surface area contributed by atoms with Gasteiger partial charge in [0.25, 0.3) is 0 Å². The normalized spacial score (nSPS) is 11.0. The number of nitrogens with zero attached hydrogens (tertiary/aromatic N) is 2. The SMILES string of the molecule is CCNC(=NCCCc1cccc(OC)c1)NCCc1ncc(C)s1.I. The molecule has 2 rings (SSSR count). The fraction of sp³-hybridized carbons (Fsp3) is 0.474. The Bertz CT molecular complexity index is 675. The molecule has 0 saturated heterocycles. The van der Waals surface area contributed by atoms with Crippen molar-refractivity contribution in [2.45, 2.75) is 33.1 Å². The Kier molecular flexibility index (Phi) is 11.3. The van der Waals surface area contributed by atoms with E-state index in [-0.39, 0.29) is 24.0 Å². The van der Waals surface area contributed by atoms with Gasteiger partial charge in [-0.2, -0.15) is 0 Å². The van der Waals surface area contributed by atoms with Crippen molar-refractivity contribution in [3.63, 3.8) is 0 Å². The quantitative estimate of drug-likeness (QED) is 0.244. The Morgan fingerprint density at radius 1 is 1.27 bits per heavy atom. The van der Waals surface area contributed by atoms with Crippen molar-refractivity contribution in [2.75, 3.05) is 26.7 Å². The number of halogens is 1. The van der Waals surface area contributed by atoms with Crippen LogP contribution in [0.3, 0.4) is 0 Å². The number of rotatable bonds is 9. The van der Waals surface area contributed by atoms with Crippen molar-refractivity contribution in [1.29, 1.82) is 0 Å². The van der Waals surface area contributed by atoms with Crippen molar-refractivity contribution in [3.8, 4) is 5.75 Å². The van der Waals surface area contributed by atoms with E-state index in [1.807, 2.05) is 18.3 Å². The first kappa shape index (κ1) is 22.7. The second-order valence-electron chi connectivity index (χ2n) is 5.76. The highest BCUT2D eigenvalue weighted by Crippen LogP contribution is 2.14. The van der Waals surface area contributed by atoms with Crippen molar-refractivity contribution in [2.24, 2.45) is 4.99 Å². The molecule has 0 atom stereocenters. The Morgan fingerprint density at radius 2 is 2.12 bits per heavy atom. The summed E-state index contributed by atoms with van der Waals surface area (Å²) in [6.45, 7) is 6.66. The lowest BCUT2D eigenvalue weighted by Gasteiger charge is -2.10. The molecule has 0 aliphatic rings. The summed E-state index contributed by atoms with van der Waals surface area (Å²) in [7, 11) is 1.70. The van der Waals surface area contributed by atoms with Crippen LogP contribution < -0.4 is 15.4 Å². The smallest absolute Gasteiger partial charge is 0.191 e. The number of benzene rings is 1. The van der Waals surface area contributed by atoms with Crippen LogP contribution in [-0.4, -0.2) is 37.7 Å². The van der Waals surface area contributed by atoms with Crippen LogP contribution in [0, 0.1) is 6.92 Å². The summed E-state index contributed by atoms with van der Waals surface area (Å²) >= 11 is 1.75. The molecule has 1 aromatic carbocycles. The van der Waals surface area contributed by atoms with E-state index in [0.29, 0.717) is 0 Å². The Morgan fingerprint density at radius 3 is 2.81 bits per heavy atom. The minimum Gasteiger partial charge on any atom is -0.497 e. The summed E-state index contributed by atoms with van der Waals surface area (Å²) in [5, 5.41) is 7.84. The topological polar surface area (TPSA) is 58.5 Å². The average Bonchev–Trinajstić information content (AvgIpc) is 3.04. The van der Waals surface area contributed by atoms with E-state index in [1.165, 1.54) is 15.4 Å². The van der Waals surface area contributed by atoms with Crippen LogP contribution in [0.4, 0.5) is 0 Å². The van der Waals surface area contributed by atoms with E-state index >= 15 is 0 Å². The van der Waals surface area contributed by atoms with Crippen LogP contribution in [-0.2, 0) is 12.8 Å². The highest BCUT2D eigenvalue weighted by molar-refractivity contribution is 14.0. The monoisotopic (exact) mass is 488 g/mol. The molecule has 1 heterocycles. The van der Waals surface area contributed by atoms with Gasteiger partial charge >= 0.3 is 0 Å². The maximum atomic E-state index is 5.26. The first-order chi connectivity index (χ1) is 12.2. The molecule has 1 aromatic heterocycles. The molecule has 7 heteroatoms. The third-order valence-corrected chi connectivity index (χ3v) is 4.64. The molecule has 0 spiro atoms. The summed E-state index contributed by atoms with van der Waals surface area (Å²) in [4.78, 5) is 10.3. The third-order valence-electron chi connectivity index (χ3n) is 3.67. The Hall–Kier alpha value is -1.35. The van der Waals surface area contributed by atoms with E-state index < -0.39 is 0 Å². The highest BCUT2D eigenvalue weighted by atomic mass is 127. The number of nitrogens with one attached hydrogen (secondary N) is 2. The first-order valence-electron chi connectivity index (χ1n) is 8.77. The van der Waals surface area contributed by atoms with Gasteiger partial charge in [-0.25, -0.2) is 4.98 Å². The highest BCUT2D eigenvalue weighted by Gasteiger charge is 2.01. The minimum absolute atomic E-state index is 0. The molecule has 0 radical (unpaired) electrons. The summed E-state index contributed by atoms with van der Waals surface area (Å²) in [6, 6.07) is 8.22. The van der Waals surface area contributed by atoms with E-state index in [4.69, 9.17) is 4.74 Å². The summed E-state index contributed by atoms with van der Waals surface area (Å²) in [5.74, 6) is 1.79. The summed E-state index contributed by atoms with van der Waals surface area (Å²) in [6.07, 6.45) is 4.86. The van der Waals surface area contributed by atoms with Crippen molar-refractivity contribution >= 4 is 41.3 Å². The van der Waals surface area contributed by atoms with Crippen LogP contribution in [0.1, 0.15) is 28.8 Å². The van der Waals surface area contributed by atoms with Crippen LogP contribution in [0.25, 0.3) is 0 Å². The molecule has 0 unspecified atom stereocenters. The number of guanidine groups is 1. The number of aromatic nitrogens is 1. The van der Waals surface area contributed by atoms with Crippen LogP contribution >= 0.6 is 35.3 Å². The van der Waals surface area contributed by atoms with Gasteiger partial charge in [-0.1, -0.05) is 12.1 Å². The second kappa shape index (κ2) is 12.9. The first-order valence-corrected chi connectivity index (χ1v) is 9.59. The lowest BCUT2D eigenvalue weighted by molar-refractivity contribution is 0.414. The van der Waals surface area contributed by atoms with Crippen LogP contribution in [0.15, 0.2) is 35.5 Å². The molecule has 0 saturated carbocycles. The molecule has 5 nitrogen and oxygen atoms in total. The fourth-order valence-corrected chi connectivity index (χ4v) is 3.24. The van der Waals surface area contributed by atoms with Gasteiger partial charge in [-0.15, -0.1) is 35.3 Å². The number of thiazole rings is 1. The maximum Gasteiger partial charge on any atom is 0.191 e. The fourth-order valence-electron chi connectivity index (χ4n) is 2.45. The molecule has 0 bridgehead atoms. The van der Waals surface area contributed by atoms with Crippen molar-refractivity contribution in [1.82, 2.24) is 15.6 Å². The van der Waals surface area contributed by atoms with Crippen molar-refractivity contribution < 1.29 is 4.74 Å². The number of ether oxygens (including phenoxy) is 1. The van der Waals surface area contributed by atoms with E-state index in [9.17, 15) is 0 Å². The van der Waals surface area contributed by atoms with Gasteiger partial charge < -0.3 is 15.4 Å². The lowest BCUT2D eigenvalue weighted by Crippen LogP contribution is -2.38. The molecule has 2 aromatic rings. The predicted octanol–water partition coefficient (Wildman–Crippen LogP) is 3.81. The molecule has 0 aliphatic carbocycles. The molecular formula is C19H29IN4OS. The standard InChI is InChI=1S/C19H28N4OS.HI/c1-4-20-19(22-12-10-18-23-14-15(2)25-18)21-11-6-8-16-7-5-9-17(13-16)24-3;/h5,7,9,13-14H,4,6,8,10-12H2,1-3H3,(H2,20,21,22);1H. The molecule has 0 aliphatic heterocycles. The summed E-state index contributed by atoms with van der Waals surface area (Å²) < 4.78 is 5.26. The molecule has 0 fully saturated rings. The minimum atomic E-state index is 0. The summed E-state index contributed by atoms with van der Waals surface area (Å²) in [5.41, 5.74) is 1.28. The number of methoxy groups -OCH3 is 1. The molecule has 144 valence electrons. The zero-order valence-corrected chi connectivity index (χ0v) is 18.9. The van der Waals surface area contributed by atoms with E-state index in [2.05, 4.69) is 46.6 Å². The zero-order chi connectivity index (χ0) is 17.9. The van der Waals surface area contributed by atoms with Crippen LogP contribution in [0.5, 0.6) is 5.75 Å². The Labute approximate surface area is 177 Å². The Balaban J connectivity index is 0.00000338. The van der Waals surface area contributed by atoms with Gasteiger partial charge in [0, 0.05) is 37.1 Å². The molecule has 26 heavy (non-hydrogen) atoms. The number of aryl methyl sites for hydroxylation is 2. The van der Waals surface area contributed by atoms with Gasteiger partial charge in [-0.3, -0.25) is 4.99 Å². The largest absolute Gasteiger partial charge is 0.497 e.